The van der Waals surface area contributed by atoms with Crippen LogP contribution in [-0.2, 0) is 6.54 Å². The van der Waals surface area contributed by atoms with Crippen LogP contribution in [0.15, 0.2) is 23.0 Å². The quantitative estimate of drug-likeness (QED) is 0.859. The van der Waals surface area contributed by atoms with Crippen molar-refractivity contribution in [3.8, 4) is 0 Å². The molecule has 7 nitrogen and oxygen atoms in total. The molecule has 0 spiro atoms. The summed E-state index contributed by atoms with van der Waals surface area (Å²) in [6.07, 6.45) is 3.62. The monoisotopic (exact) mass is 289 g/mol. The van der Waals surface area contributed by atoms with Gasteiger partial charge in [0.1, 0.15) is 29.4 Å². The van der Waals surface area contributed by atoms with E-state index in [0.717, 1.165) is 42.5 Å². The molecule has 1 aliphatic heterocycles. The zero-order valence-corrected chi connectivity index (χ0v) is 12.0. The lowest BCUT2D eigenvalue weighted by atomic mass is 10.2. The number of anilines is 2. The normalized spacial score (nSPS) is 18.2. The Labute approximate surface area is 123 Å². The highest BCUT2D eigenvalue weighted by molar-refractivity contribution is 5.49. The van der Waals surface area contributed by atoms with Gasteiger partial charge in [-0.1, -0.05) is 5.16 Å². The van der Waals surface area contributed by atoms with Gasteiger partial charge in [0.15, 0.2) is 0 Å². The van der Waals surface area contributed by atoms with E-state index in [1.54, 1.807) is 6.33 Å². The summed E-state index contributed by atoms with van der Waals surface area (Å²) < 4.78 is 5.03. The molecular weight excluding hydrogens is 270 g/mol. The third-order valence-corrected chi connectivity index (χ3v) is 3.66. The molecule has 3 heterocycles. The molecule has 7 heteroatoms. The Bertz CT molecular complexity index is 601. The number of aliphatic hydroxyl groups excluding tert-OH is 1. The van der Waals surface area contributed by atoms with Gasteiger partial charge in [-0.15, -0.1) is 0 Å². The third-order valence-electron chi connectivity index (χ3n) is 3.66. The summed E-state index contributed by atoms with van der Waals surface area (Å²) in [5.41, 5.74) is 0.835. The van der Waals surface area contributed by atoms with E-state index in [9.17, 15) is 5.11 Å². The Kier molecular flexibility index (Phi) is 4.01. The number of aryl methyl sites for hydroxylation is 1. The molecule has 1 saturated heterocycles. The van der Waals surface area contributed by atoms with Crippen LogP contribution in [0.4, 0.5) is 11.6 Å². The summed E-state index contributed by atoms with van der Waals surface area (Å²) in [6, 6.07) is 3.95. The van der Waals surface area contributed by atoms with E-state index in [1.807, 2.05) is 19.1 Å². The molecule has 0 saturated carbocycles. The lowest BCUT2D eigenvalue weighted by molar-refractivity contribution is 0.266. The average Bonchev–Trinajstić information content (AvgIpc) is 3.14. The van der Waals surface area contributed by atoms with Gasteiger partial charge in [0.25, 0.3) is 0 Å². The van der Waals surface area contributed by atoms with Gasteiger partial charge in [0, 0.05) is 18.7 Å². The molecule has 21 heavy (non-hydrogen) atoms. The van der Waals surface area contributed by atoms with Gasteiger partial charge in [0.2, 0.25) is 0 Å². The van der Waals surface area contributed by atoms with Gasteiger partial charge in [-0.05, 0) is 19.8 Å². The van der Waals surface area contributed by atoms with Gasteiger partial charge < -0.3 is 19.8 Å². The molecule has 0 aliphatic carbocycles. The Balaban J connectivity index is 1.68. The minimum atomic E-state index is 0.158. The minimum absolute atomic E-state index is 0.158. The highest BCUT2D eigenvalue weighted by atomic mass is 16.5. The molecule has 2 aromatic rings. The predicted molar refractivity (Wildman–Crippen MR) is 78.1 cm³/mol. The molecule has 0 radical (unpaired) electrons. The van der Waals surface area contributed by atoms with Crippen molar-refractivity contribution in [1.82, 2.24) is 15.1 Å². The Morgan fingerprint density at radius 3 is 3.10 bits per heavy atom. The van der Waals surface area contributed by atoms with Crippen molar-refractivity contribution in [3.63, 3.8) is 0 Å². The molecule has 0 amide bonds. The zero-order chi connectivity index (χ0) is 14.7. The number of hydrogen-bond donors (Lipinski definition) is 2. The number of hydrogen-bond acceptors (Lipinski definition) is 7. The summed E-state index contributed by atoms with van der Waals surface area (Å²) in [5.74, 6) is 2.38. The van der Waals surface area contributed by atoms with Crippen molar-refractivity contribution >= 4 is 11.6 Å². The third kappa shape index (κ3) is 3.13. The van der Waals surface area contributed by atoms with Crippen molar-refractivity contribution in [3.05, 3.63) is 29.9 Å². The highest BCUT2D eigenvalue weighted by Gasteiger charge is 2.25. The topological polar surface area (TPSA) is 87.3 Å². The SMILES string of the molecule is Cc1cc(CNc2cc(N3CCC[C@@H]3CO)ncn2)no1. The first-order valence-electron chi connectivity index (χ1n) is 7.12. The molecule has 1 aliphatic rings. The Morgan fingerprint density at radius 2 is 2.33 bits per heavy atom. The van der Waals surface area contributed by atoms with E-state index in [2.05, 4.69) is 25.3 Å². The maximum Gasteiger partial charge on any atom is 0.134 e. The van der Waals surface area contributed by atoms with E-state index < -0.39 is 0 Å². The number of nitrogens with zero attached hydrogens (tertiary/aromatic N) is 4. The largest absolute Gasteiger partial charge is 0.394 e. The maximum absolute atomic E-state index is 9.40. The molecular formula is C14H19N5O2. The molecule has 2 aromatic heterocycles. The van der Waals surface area contributed by atoms with Gasteiger partial charge in [-0.3, -0.25) is 0 Å². The van der Waals surface area contributed by atoms with Crippen molar-refractivity contribution < 1.29 is 9.63 Å². The molecule has 1 fully saturated rings. The number of nitrogens with one attached hydrogen (secondary N) is 1. The summed E-state index contributed by atoms with van der Waals surface area (Å²) in [6.45, 7) is 3.49. The molecule has 1 atom stereocenters. The molecule has 0 aromatic carbocycles. The van der Waals surface area contributed by atoms with Crippen LogP contribution >= 0.6 is 0 Å². The first kappa shape index (κ1) is 13.8. The maximum atomic E-state index is 9.40. The highest BCUT2D eigenvalue weighted by Crippen LogP contribution is 2.24. The van der Waals surface area contributed by atoms with Crippen LogP contribution < -0.4 is 10.2 Å². The van der Waals surface area contributed by atoms with Crippen molar-refractivity contribution in [2.24, 2.45) is 0 Å². The summed E-state index contributed by atoms with van der Waals surface area (Å²) in [4.78, 5) is 10.7. The van der Waals surface area contributed by atoms with Crippen LogP contribution in [0.3, 0.4) is 0 Å². The van der Waals surface area contributed by atoms with Crippen LogP contribution in [0.25, 0.3) is 0 Å². The van der Waals surface area contributed by atoms with Crippen molar-refractivity contribution in [2.75, 3.05) is 23.4 Å². The lowest BCUT2D eigenvalue weighted by Gasteiger charge is -2.24. The zero-order valence-electron chi connectivity index (χ0n) is 12.0. The van der Waals surface area contributed by atoms with Crippen LogP contribution in [0, 0.1) is 6.92 Å². The summed E-state index contributed by atoms with van der Waals surface area (Å²) >= 11 is 0. The molecule has 2 N–H and O–H groups in total. The second kappa shape index (κ2) is 6.09. The van der Waals surface area contributed by atoms with Gasteiger partial charge >= 0.3 is 0 Å². The predicted octanol–water partition coefficient (Wildman–Crippen LogP) is 1.35. The number of rotatable bonds is 5. The number of aliphatic hydroxyl groups is 1. The van der Waals surface area contributed by atoms with E-state index in [4.69, 9.17) is 4.52 Å². The Morgan fingerprint density at radius 1 is 1.43 bits per heavy atom. The van der Waals surface area contributed by atoms with E-state index in [1.165, 1.54) is 0 Å². The average molecular weight is 289 g/mol. The molecule has 112 valence electrons. The van der Waals surface area contributed by atoms with Crippen molar-refractivity contribution in [2.45, 2.75) is 32.4 Å². The van der Waals surface area contributed by atoms with Crippen LogP contribution in [-0.4, -0.2) is 39.4 Å². The van der Waals surface area contributed by atoms with Crippen molar-refractivity contribution in [1.29, 1.82) is 0 Å². The fourth-order valence-electron chi connectivity index (χ4n) is 2.61. The van der Waals surface area contributed by atoms with Crippen LogP contribution in [0.2, 0.25) is 0 Å². The molecule has 0 bridgehead atoms. The lowest BCUT2D eigenvalue weighted by Crippen LogP contribution is -2.32. The standard InChI is InChI=1S/C14H19N5O2/c1-10-5-11(18-21-10)7-15-13-6-14(17-9-16-13)19-4-2-3-12(19)8-20/h5-6,9,12,20H,2-4,7-8H2,1H3,(H,15,16,17)/t12-/m1/s1. The second-order valence-corrected chi connectivity index (χ2v) is 5.22. The van der Waals surface area contributed by atoms with E-state index in [-0.39, 0.29) is 12.6 Å². The minimum Gasteiger partial charge on any atom is -0.394 e. The van der Waals surface area contributed by atoms with E-state index >= 15 is 0 Å². The fraction of sp³-hybridized carbons (Fsp3) is 0.500. The smallest absolute Gasteiger partial charge is 0.134 e. The molecule has 3 rings (SSSR count). The first-order valence-corrected chi connectivity index (χ1v) is 7.12. The second-order valence-electron chi connectivity index (χ2n) is 5.22. The summed E-state index contributed by atoms with van der Waals surface area (Å²) in [7, 11) is 0. The van der Waals surface area contributed by atoms with Gasteiger partial charge in [0.05, 0.1) is 19.2 Å². The van der Waals surface area contributed by atoms with Crippen LogP contribution in [0.5, 0.6) is 0 Å². The number of aromatic nitrogens is 3. The first-order chi connectivity index (χ1) is 10.3. The van der Waals surface area contributed by atoms with Crippen LogP contribution in [0.1, 0.15) is 24.3 Å². The summed E-state index contributed by atoms with van der Waals surface area (Å²) in [5, 5.41) is 16.5. The fourth-order valence-corrected chi connectivity index (χ4v) is 2.61. The van der Waals surface area contributed by atoms with Gasteiger partial charge in [-0.2, -0.15) is 0 Å². The van der Waals surface area contributed by atoms with E-state index in [0.29, 0.717) is 6.54 Å². The Hall–Kier alpha value is -2.15. The van der Waals surface area contributed by atoms with Gasteiger partial charge in [-0.25, -0.2) is 9.97 Å². The molecule has 0 unspecified atom stereocenters.